The van der Waals surface area contributed by atoms with Gasteiger partial charge in [0, 0.05) is 18.7 Å². The smallest absolute Gasteiger partial charge is 0.339 e. The van der Waals surface area contributed by atoms with E-state index in [0.29, 0.717) is 0 Å². The molecular weight excluding hydrogens is 226 g/mol. The summed E-state index contributed by atoms with van der Waals surface area (Å²) in [4.78, 5) is 21.4. The van der Waals surface area contributed by atoms with E-state index in [1.165, 1.54) is 0 Å². The molecule has 0 atom stereocenters. The van der Waals surface area contributed by atoms with Crippen molar-refractivity contribution >= 4 is 11.7 Å². The Morgan fingerprint density at radius 3 is 2.71 bits per heavy atom. The van der Waals surface area contributed by atoms with Gasteiger partial charge in [0.25, 0.3) is 5.69 Å². The highest BCUT2D eigenvalue weighted by Gasteiger charge is 2.21. The Morgan fingerprint density at radius 1 is 1.65 bits per heavy atom. The van der Waals surface area contributed by atoms with Gasteiger partial charge in [-0.3, -0.25) is 10.1 Å². The Bertz CT molecular complexity index is 519. The molecule has 0 unspecified atom stereocenters. The van der Waals surface area contributed by atoms with Crippen molar-refractivity contribution in [1.82, 2.24) is 0 Å². The van der Waals surface area contributed by atoms with Crippen molar-refractivity contribution in [3.63, 3.8) is 0 Å². The monoisotopic (exact) mass is 235 g/mol. The number of nitro benzene ring substituents is 1. The summed E-state index contributed by atoms with van der Waals surface area (Å²) in [6.45, 7) is -0.0964. The van der Waals surface area contributed by atoms with E-state index in [-0.39, 0.29) is 28.9 Å². The fraction of sp³-hybridized carbons (Fsp3) is 0.200. The van der Waals surface area contributed by atoms with Crippen LogP contribution in [0.4, 0.5) is 5.69 Å². The molecule has 0 spiro atoms. The number of rotatable bonds is 3. The third-order valence-corrected chi connectivity index (χ3v) is 2.15. The van der Waals surface area contributed by atoms with Gasteiger partial charge in [-0.1, -0.05) is 0 Å². The summed E-state index contributed by atoms with van der Waals surface area (Å²) in [5.41, 5.74) is 5.18. The summed E-state index contributed by atoms with van der Waals surface area (Å²) in [6, 6.07) is 3.90. The molecular formula is C10H9N3O4. The SMILES string of the molecule is COC(=O)c1c(C#N)cc([N+](=O)[O-])cc1CN. The number of nitrogens with two attached hydrogens (primary N) is 1. The van der Waals surface area contributed by atoms with E-state index < -0.39 is 10.9 Å². The zero-order valence-electron chi connectivity index (χ0n) is 8.97. The van der Waals surface area contributed by atoms with Crippen LogP contribution in [0.2, 0.25) is 0 Å². The molecule has 0 heterocycles. The average Bonchev–Trinajstić information content (AvgIpc) is 2.35. The third kappa shape index (κ3) is 2.38. The summed E-state index contributed by atoms with van der Waals surface area (Å²) >= 11 is 0. The molecule has 0 aromatic heterocycles. The van der Waals surface area contributed by atoms with E-state index in [9.17, 15) is 14.9 Å². The zero-order valence-corrected chi connectivity index (χ0v) is 8.97. The van der Waals surface area contributed by atoms with E-state index >= 15 is 0 Å². The second kappa shape index (κ2) is 5.05. The van der Waals surface area contributed by atoms with Crippen LogP contribution < -0.4 is 5.73 Å². The number of hydrogen-bond donors (Lipinski definition) is 1. The standard InChI is InChI=1S/C10H9N3O4/c1-17-10(14)9-6(4-11)2-8(13(15)16)3-7(9)5-12/h2-3H,4,11H2,1H3. The van der Waals surface area contributed by atoms with Crippen molar-refractivity contribution < 1.29 is 14.5 Å². The molecule has 1 rings (SSSR count). The highest BCUT2D eigenvalue weighted by molar-refractivity contribution is 5.94. The predicted octanol–water partition coefficient (Wildman–Crippen LogP) is 0.712. The maximum absolute atomic E-state index is 11.5. The molecule has 1 aromatic rings. The topological polar surface area (TPSA) is 119 Å². The van der Waals surface area contributed by atoms with Crippen LogP contribution in [0.5, 0.6) is 0 Å². The van der Waals surface area contributed by atoms with Crippen molar-refractivity contribution in [3.8, 4) is 6.07 Å². The van der Waals surface area contributed by atoms with Crippen LogP contribution in [0, 0.1) is 21.4 Å². The molecule has 2 N–H and O–H groups in total. The molecule has 0 radical (unpaired) electrons. The normalized spacial score (nSPS) is 9.47. The van der Waals surface area contributed by atoms with E-state index in [0.717, 1.165) is 19.2 Å². The van der Waals surface area contributed by atoms with Gasteiger partial charge in [0.15, 0.2) is 0 Å². The van der Waals surface area contributed by atoms with Crippen LogP contribution in [0.25, 0.3) is 0 Å². The van der Waals surface area contributed by atoms with Gasteiger partial charge in [-0.25, -0.2) is 4.79 Å². The number of carbonyl (C=O) groups excluding carboxylic acids is 1. The minimum Gasteiger partial charge on any atom is -0.465 e. The molecule has 7 heteroatoms. The fourth-order valence-electron chi connectivity index (χ4n) is 1.38. The van der Waals surface area contributed by atoms with Crippen molar-refractivity contribution in [1.29, 1.82) is 5.26 Å². The fourth-order valence-corrected chi connectivity index (χ4v) is 1.38. The maximum Gasteiger partial charge on any atom is 0.339 e. The van der Waals surface area contributed by atoms with Crippen molar-refractivity contribution in [2.24, 2.45) is 5.73 Å². The number of non-ortho nitro benzene ring substituents is 1. The summed E-state index contributed by atoms with van der Waals surface area (Å²) in [5.74, 6) is -0.739. The number of carbonyl (C=O) groups is 1. The Balaban J connectivity index is 3.54. The minimum atomic E-state index is -0.739. The van der Waals surface area contributed by atoms with Gasteiger partial charge in [-0.15, -0.1) is 0 Å². The van der Waals surface area contributed by atoms with Crippen LogP contribution in [-0.4, -0.2) is 18.0 Å². The molecule has 0 saturated carbocycles. The molecule has 0 aliphatic rings. The molecule has 7 nitrogen and oxygen atoms in total. The average molecular weight is 235 g/mol. The van der Waals surface area contributed by atoms with Gasteiger partial charge in [-0.05, 0) is 5.56 Å². The number of benzene rings is 1. The second-order valence-electron chi connectivity index (χ2n) is 3.09. The lowest BCUT2D eigenvalue weighted by molar-refractivity contribution is -0.384. The lowest BCUT2D eigenvalue weighted by atomic mass is 10.0. The second-order valence-corrected chi connectivity index (χ2v) is 3.09. The van der Waals surface area contributed by atoms with Crippen molar-refractivity contribution in [2.75, 3.05) is 7.11 Å². The van der Waals surface area contributed by atoms with Crippen LogP contribution in [0.1, 0.15) is 21.5 Å². The first-order chi connectivity index (χ1) is 8.04. The van der Waals surface area contributed by atoms with E-state index in [4.69, 9.17) is 11.0 Å². The van der Waals surface area contributed by atoms with E-state index in [1.807, 2.05) is 0 Å². The van der Waals surface area contributed by atoms with Gasteiger partial charge in [-0.2, -0.15) is 5.26 Å². The number of nitriles is 1. The van der Waals surface area contributed by atoms with E-state index in [2.05, 4.69) is 4.74 Å². The van der Waals surface area contributed by atoms with Gasteiger partial charge >= 0.3 is 5.97 Å². The van der Waals surface area contributed by atoms with Crippen LogP contribution in [-0.2, 0) is 11.3 Å². The molecule has 0 amide bonds. The molecule has 1 aromatic carbocycles. The lowest BCUT2D eigenvalue weighted by Crippen LogP contribution is -2.12. The number of esters is 1. The Morgan fingerprint density at radius 2 is 2.29 bits per heavy atom. The number of hydrogen-bond acceptors (Lipinski definition) is 6. The Labute approximate surface area is 96.6 Å². The van der Waals surface area contributed by atoms with Gasteiger partial charge < -0.3 is 10.5 Å². The quantitative estimate of drug-likeness (QED) is 0.468. The van der Waals surface area contributed by atoms with Crippen molar-refractivity contribution in [3.05, 3.63) is 38.9 Å². The predicted molar refractivity (Wildman–Crippen MR) is 57.0 cm³/mol. The van der Waals surface area contributed by atoms with Crippen molar-refractivity contribution in [2.45, 2.75) is 6.54 Å². The summed E-state index contributed by atoms with van der Waals surface area (Å²) in [7, 11) is 1.16. The first-order valence-corrected chi connectivity index (χ1v) is 4.55. The first-order valence-electron chi connectivity index (χ1n) is 4.55. The zero-order chi connectivity index (χ0) is 13.0. The lowest BCUT2D eigenvalue weighted by Gasteiger charge is -2.07. The third-order valence-electron chi connectivity index (χ3n) is 2.15. The Kier molecular flexibility index (Phi) is 3.74. The van der Waals surface area contributed by atoms with Crippen LogP contribution in [0.3, 0.4) is 0 Å². The van der Waals surface area contributed by atoms with Gasteiger partial charge in [0.2, 0.25) is 0 Å². The highest BCUT2D eigenvalue weighted by atomic mass is 16.6. The molecule has 0 aliphatic heterocycles. The summed E-state index contributed by atoms with van der Waals surface area (Å²) in [6.07, 6.45) is 0. The highest BCUT2D eigenvalue weighted by Crippen LogP contribution is 2.22. The maximum atomic E-state index is 11.5. The number of nitro groups is 1. The number of ether oxygens (including phenoxy) is 1. The number of nitrogens with zero attached hydrogens (tertiary/aromatic N) is 2. The summed E-state index contributed by atoms with van der Waals surface area (Å²) in [5, 5.41) is 19.5. The molecule has 0 saturated heterocycles. The van der Waals surface area contributed by atoms with E-state index in [1.54, 1.807) is 6.07 Å². The largest absolute Gasteiger partial charge is 0.465 e. The molecule has 88 valence electrons. The Hall–Kier alpha value is -2.46. The van der Waals surface area contributed by atoms with Gasteiger partial charge in [0.1, 0.15) is 6.07 Å². The van der Waals surface area contributed by atoms with Crippen LogP contribution >= 0.6 is 0 Å². The van der Waals surface area contributed by atoms with Gasteiger partial charge in [0.05, 0.1) is 23.2 Å². The number of methoxy groups -OCH3 is 1. The molecule has 0 bridgehead atoms. The molecule has 0 fully saturated rings. The molecule has 17 heavy (non-hydrogen) atoms. The van der Waals surface area contributed by atoms with Crippen LogP contribution in [0.15, 0.2) is 12.1 Å². The summed E-state index contributed by atoms with van der Waals surface area (Å²) < 4.78 is 4.51. The minimum absolute atomic E-state index is 0.0249. The first kappa shape index (κ1) is 12.6. The molecule has 0 aliphatic carbocycles.